The number of aliphatic imine (C=N–C) groups is 1. The Morgan fingerprint density at radius 3 is 2.85 bits per heavy atom. The van der Waals surface area contributed by atoms with E-state index in [1.165, 1.54) is 4.88 Å². The minimum absolute atomic E-state index is 0.298. The van der Waals surface area contributed by atoms with Crippen LogP contribution in [-0.4, -0.2) is 83.7 Å². The normalized spacial score (nSPS) is 17.2. The highest BCUT2D eigenvalue weighted by atomic mass is 32.1. The maximum absolute atomic E-state index is 5.50. The zero-order valence-electron chi connectivity index (χ0n) is 15.9. The number of rotatable bonds is 11. The molecule has 148 valence electrons. The Hall–Kier alpha value is -1.19. The van der Waals surface area contributed by atoms with Crippen molar-refractivity contribution in [3.8, 4) is 0 Å². The smallest absolute Gasteiger partial charge is 0.191 e. The minimum atomic E-state index is 0.298. The van der Waals surface area contributed by atoms with E-state index in [1.807, 2.05) is 0 Å². The Bertz CT molecular complexity index is 493. The quantitative estimate of drug-likeness (QED) is 0.341. The molecular formula is C18H32N4O3S. The zero-order chi connectivity index (χ0) is 18.5. The summed E-state index contributed by atoms with van der Waals surface area (Å²) < 4.78 is 16.0. The SMILES string of the molecule is CCNC(=NCC(c1cccs1)N1CCOCC1)NCCOCCOC. The average molecular weight is 385 g/mol. The molecule has 0 saturated carbocycles. The first kappa shape index (κ1) is 21.1. The molecule has 0 spiro atoms. The fourth-order valence-corrected chi connectivity index (χ4v) is 3.61. The second-order valence-corrected chi connectivity index (χ2v) is 6.91. The van der Waals surface area contributed by atoms with Gasteiger partial charge in [-0.1, -0.05) is 6.07 Å². The van der Waals surface area contributed by atoms with Crippen LogP contribution in [0, 0.1) is 0 Å². The van der Waals surface area contributed by atoms with Crippen molar-refractivity contribution in [2.45, 2.75) is 13.0 Å². The summed E-state index contributed by atoms with van der Waals surface area (Å²) in [5.74, 6) is 0.831. The third kappa shape index (κ3) is 7.59. The van der Waals surface area contributed by atoms with Crippen LogP contribution < -0.4 is 10.6 Å². The number of morpholine rings is 1. The highest BCUT2D eigenvalue weighted by Crippen LogP contribution is 2.26. The van der Waals surface area contributed by atoms with E-state index < -0.39 is 0 Å². The molecule has 2 heterocycles. The van der Waals surface area contributed by atoms with E-state index in [0.717, 1.165) is 51.9 Å². The highest BCUT2D eigenvalue weighted by Gasteiger charge is 2.23. The number of guanidine groups is 1. The van der Waals surface area contributed by atoms with E-state index in [4.69, 9.17) is 19.2 Å². The van der Waals surface area contributed by atoms with Gasteiger partial charge >= 0.3 is 0 Å². The van der Waals surface area contributed by atoms with Crippen LogP contribution in [0.1, 0.15) is 17.8 Å². The molecule has 2 rings (SSSR count). The molecule has 8 heteroatoms. The first-order valence-electron chi connectivity index (χ1n) is 9.29. The van der Waals surface area contributed by atoms with Crippen molar-refractivity contribution in [2.24, 2.45) is 4.99 Å². The van der Waals surface area contributed by atoms with Crippen LogP contribution in [0.25, 0.3) is 0 Å². The Morgan fingerprint density at radius 2 is 2.15 bits per heavy atom. The molecule has 1 saturated heterocycles. The molecule has 0 aliphatic carbocycles. The number of nitrogens with zero attached hydrogens (tertiary/aromatic N) is 2. The van der Waals surface area contributed by atoms with Crippen molar-refractivity contribution in [1.29, 1.82) is 0 Å². The summed E-state index contributed by atoms with van der Waals surface area (Å²) in [7, 11) is 1.68. The average Bonchev–Trinajstić information content (AvgIpc) is 3.20. The lowest BCUT2D eigenvalue weighted by Gasteiger charge is -2.33. The van der Waals surface area contributed by atoms with E-state index in [-0.39, 0.29) is 0 Å². The first-order chi connectivity index (χ1) is 12.8. The molecular weight excluding hydrogens is 352 g/mol. The standard InChI is InChI=1S/C18H32N4O3S/c1-3-19-18(20-6-9-24-13-12-23-2)21-15-16(17-5-4-14-26-17)22-7-10-25-11-8-22/h4-5,14,16H,3,6-13,15H2,1-2H3,(H2,19,20,21). The summed E-state index contributed by atoms with van der Waals surface area (Å²) in [6.45, 7) is 9.71. The summed E-state index contributed by atoms with van der Waals surface area (Å²) >= 11 is 1.79. The molecule has 1 aliphatic rings. The lowest BCUT2D eigenvalue weighted by molar-refractivity contribution is 0.0186. The molecule has 2 N–H and O–H groups in total. The molecule has 7 nitrogen and oxygen atoms in total. The molecule has 1 aromatic rings. The third-order valence-electron chi connectivity index (χ3n) is 4.10. The topological polar surface area (TPSA) is 67.4 Å². The molecule has 0 bridgehead atoms. The van der Waals surface area contributed by atoms with Crippen molar-refractivity contribution in [2.75, 3.05) is 72.9 Å². The Balaban J connectivity index is 1.88. The summed E-state index contributed by atoms with van der Waals surface area (Å²) in [6, 6.07) is 4.61. The van der Waals surface area contributed by atoms with E-state index in [9.17, 15) is 0 Å². The van der Waals surface area contributed by atoms with Crippen LogP contribution in [0.5, 0.6) is 0 Å². The van der Waals surface area contributed by atoms with Crippen molar-refractivity contribution in [1.82, 2.24) is 15.5 Å². The van der Waals surface area contributed by atoms with Gasteiger partial charge in [0.15, 0.2) is 5.96 Å². The summed E-state index contributed by atoms with van der Waals surface area (Å²) in [5, 5.41) is 8.77. The van der Waals surface area contributed by atoms with Gasteiger partial charge in [0.2, 0.25) is 0 Å². The molecule has 0 amide bonds. The van der Waals surface area contributed by atoms with Crippen LogP contribution in [0.4, 0.5) is 0 Å². The fourth-order valence-electron chi connectivity index (χ4n) is 2.76. The van der Waals surface area contributed by atoms with Gasteiger partial charge in [-0.2, -0.15) is 0 Å². The highest BCUT2D eigenvalue weighted by molar-refractivity contribution is 7.10. The Kier molecular flexibility index (Phi) is 10.6. The second kappa shape index (κ2) is 13.1. The van der Waals surface area contributed by atoms with Gasteiger partial charge in [-0.25, -0.2) is 0 Å². The lowest BCUT2D eigenvalue weighted by atomic mass is 10.2. The van der Waals surface area contributed by atoms with Gasteiger partial charge < -0.3 is 24.8 Å². The third-order valence-corrected chi connectivity index (χ3v) is 5.07. The van der Waals surface area contributed by atoms with Crippen LogP contribution >= 0.6 is 11.3 Å². The number of nitrogens with one attached hydrogen (secondary N) is 2. The fraction of sp³-hybridized carbons (Fsp3) is 0.722. The summed E-state index contributed by atoms with van der Waals surface area (Å²) in [6.07, 6.45) is 0. The zero-order valence-corrected chi connectivity index (χ0v) is 16.7. The predicted octanol–water partition coefficient (Wildman–Crippen LogP) is 1.34. The van der Waals surface area contributed by atoms with Gasteiger partial charge in [0.05, 0.1) is 45.6 Å². The Morgan fingerprint density at radius 1 is 1.31 bits per heavy atom. The number of hydrogen-bond acceptors (Lipinski definition) is 6. The van der Waals surface area contributed by atoms with Crippen LogP contribution in [0.3, 0.4) is 0 Å². The predicted molar refractivity (Wildman–Crippen MR) is 106 cm³/mol. The largest absolute Gasteiger partial charge is 0.382 e. The van der Waals surface area contributed by atoms with Crippen molar-refractivity contribution < 1.29 is 14.2 Å². The summed E-state index contributed by atoms with van der Waals surface area (Å²) in [5.41, 5.74) is 0. The molecule has 0 radical (unpaired) electrons. The Labute approximate surface area is 160 Å². The molecule has 0 aromatic carbocycles. The van der Waals surface area contributed by atoms with Crippen LogP contribution in [0.2, 0.25) is 0 Å². The number of hydrogen-bond donors (Lipinski definition) is 2. The maximum atomic E-state index is 5.50. The van der Waals surface area contributed by atoms with Crippen LogP contribution in [0.15, 0.2) is 22.5 Å². The van der Waals surface area contributed by atoms with Gasteiger partial charge in [-0.15, -0.1) is 11.3 Å². The van der Waals surface area contributed by atoms with Crippen molar-refractivity contribution >= 4 is 17.3 Å². The summed E-state index contributed by atoms with van der Waals surface area (Å²) in [4.78, 5) is 8.64. The molecule has 26 heavy (non-hydrogen) atoms. The monoisotopic (exact) mass is 384 g/mol. The number of ether oxygens (including phenoxy) is 3. The molecule has 1 unspecified atom stereocenters. The first-order valence-corrected chi connectivity index (χ1v) is 10.2. The van der Waals surface area contributed by atoms with Gasteiger partial charge in [0, 0.05) is 38.2 Å². The van der Waals surface area contributed by atoms with Gasteiger partial charge in [0.25, 0.3) is 0 Å². The van der Waals surface area contributed by atoms with Crippen LogP contribution in [-0.2, 0) is 14.2 Å². The molecule has 1 aromatic heterocycles. The van der Waals surface area contributed by atoms with Gasteiger partial charge in [-0.3, -0.25) is 9.89 Å². The van der Waals surface area contributed by atoms with E-state index in [2.05, 4.69) is 40.0 Å². The van der Waals surface area contributed by atoms with E-state index in [1.54, 1.807) is 18.4 Å². The number of methoxy groups -OCH3 is 1. The van der Waals surface area contributed by atoms with Crippen molar-refractivity contribution in [3.63, 3.8) is 0 Å². The lowest BCUT2D eigenvalue weighted by Crippen LogP contribution is -2.42. The van der Waals surface area contributed by atoms with Gasteiger partial charge in [-0.05, 0) is 18.4 Å². The van der Waals surface area contributed by atoms with Crippen molar-refractivity contribution in [3.05, 3.63) is 22.4 Å². The van der Waals surface area contributed by atoms with E-state index >= 15 is 0 Å². The molecule has 1 fully saturated rings. The molecule has 1 aliphatic heterocycles. The maximum Gasteiger partial charge on any atom is 0.191 e. The number of thiophene rings is 1. The van der Waals surface area contributed by atoms with E-state index in [0.29, 0.717) is 25.9 Å². The minimum Gasteiger partial charge on any atom is -0.382 e. The second-order valence-electron chi connectivity index (χ2n) is 5.93. The molecule has 1 atom stereocenters. The van der Waals surface area contributed by atoms with Gasteiger partial charge in [0.1, 0.15) is 0 Å².